The molecular formula is C10H20O2. The number of hydrogen-bond acceptors (Lipinski definition) is 2. The lowest BCUT2D eigenvalue weighted by Gasteiger charge is -2.38. The Kier molecular flexibility index (Phi) is 2.79. The molecule has 2 heteroatoms. The molecule has 1 aliphatic carbocycles. The van der Waals surface area contributed by atoms with E-state index in [1.807, 2.05) is 0 Å². The lowest BCUT2D eigenvalue weighted by Crippen LogP contribution is -2.39. The highest BCUT2D eigenvalue weighted by molar-refractivity contribution is 4.89. The van der Waals surface area contributed by atoms with Gasteiger partial charge in [-0.1, -0.05) is 0 Å². The number of hydrogen-bond donors (Lipinski definition) is 1. The Morgan fingerprint density at radius 3 is 2.33 bits per heavy atom. The number of aliphatic hydroxyl groups is 1. The van der Waals surface area contributed by atoms with Gasteiger partial charge in [-0.05, 0) is 46.0 Å². The van der Waals surface area contributed by atoms with Gasteiger partial charge in [0.1, 0.15) is 0 Å². The van der Waals surface area contributed by atoms with Gasteiger partial charge in [0.15, 0.2) is 0 Å². The topological polar surface area (TPSA) is 29.5 Å². The van der Waals surface area contributed by atoms with E-state index in [9.17, 15) is 5.11 Å². The zero-order valence-corrected chi connectivity index (χ0v) is 8.39. The van der Waals surface area contributed by atoms with Gasteiger partial charge in [0.2, 0.25) is 0 Å². The highest BCUT2D eigenvalue weighted by Crippen LogP contribution is 2.37. The molecule has 0 aromatic rings. The molecule has 0 atom stereocenters. The second-order valence-electron chi connectivity index (χ2n) is 4.54. The SMILES string of the molecule is COC(C)(C)CCC1(O)CCC1. The van der Waals surface area contributed by atoms with Gasteiger partial charge in [0.25, 0.3) is 0 Å². The lowest BCUT2D eigenvalue weighted by atomic mass is 9.75. The summed E-state index contributed by atoms with van der Waals surface area (Å²) in [7, 11) is 1.73. The smallest absolute Gasteiger partial charge is 0.0649 e. The summed E-state index contributed by atoms with van der Waals surface area (Å²) >= 11 is 0. The maximum Gasteiger partial charge on any atom is 0.0649 e. The molecule has 1 saturated carbocycles. The molecule has 0 aliphatic heterocycles. The van der Waals surface area contributed by atoms with Crippen molar-refractivity contribution in [1.82, 2.24) is 0 Å². The summed E-state index contributed by atoms with van der Waals surface area (Å²) in [5.41, 5.74) is -0.429. The van der Waals surface area contributed by atoms with Crippen LogP contribution in [0.1, 0.15) is 46.0 Å². The summed E-state index contributed by atoms with van der Waals surface area (Å²) in [4.78, 5) is 0. The van der Waals surface area contributed by atoms with Crippen molar-refractivity contribution in [3.8, 4) is 0 Å². The van der Waals surface area contributed by atoms with Crippen LogP contribution in [0.3, 0.4) is 0 Å². The second-order valence-corrected chi connectivity index (χ2v) is 4.54. The van der Waals surface area contributed by atoms with E-state index >= 15 is 0 Å². The minimum atomic E-state index is -0.351. The van der Waals surface area contributed by atoms with Crippen molar-refractivity contribution in [2.75, 3.05) is 7.11 Å². The van der Waals surface area contributed by atoms with E-state index in [1.165, 1.54) is 6.42 Å². The van der Waals surface area contributed by atoms with Crippen molar-refractivity contribution in [3.63, 3.8) is 0 Å². The first kappa shape index (κ1) is 10.0. The molecule has 1 aliphatic rings. The fourth-order valence-corrected chi connectivity index (χ4v) is 1.47. The molecule has 0 spiro atoms. The molecule has 1 N–H and O–H groups in total. The Hall–Kier alpha value is -0.0800. The molecule has 0 heterocycles. The van der Waals surface area contributed by atoms with E-state index in [-0.39, 0.29) is 11.2 Å². The molecule has 0 saturated heterocycles. The molecule has 0 aromatic carbocycles. The van der Waals surface area contributed by atoms with Gasteiger partial charge in [-0.3, -0.25) is 0 Å². The van der Waals surface area contributed by atoms with Gasteiger partial charge < -0.3 is 9.84 Å². The predicted molar refractivity (Wildman–Crippen MR) is 49.1 cm³/mol. The average molecular weight is 172 g/mol. The third-order valence-electron chi connectivity index (χ3n) is 3.03. The van der Waals surface area contributed by atoms with E-state index in [1.54, 1.807) is 7.11 Å². The largest absolute Gasteiger partial charge is 0.390 e. The first-order valence-electron chi connectivity index (χ1n) is 4.75. The Morgan fingerprint density at radius 2 is 2.00 bits per heavy atom. The standard InChI is InChI=1S/C10H20O2/c1-9(2,12-3)7-8-10(11)5-4-6-10/h11H,4-8H2,1-3H3. The molecule has 12 heavy (non-hydrogen) atoms. The summed E-state index contributed by atoms with van der Waals surface area (Å²) in [5, 5.41) is 9.81. The van der Waals surface area contributed by atoms with Crippen LogP contribution in [0.15, 0.2) is 0 Å². The van der Waals surface area contributed by atoms with Gasteiger partial charge in [0, 0.05) is 7.11 Å². The molecule has 0 bridgehead atoms. The summed E-state index contributed by atoms with van der Waals surface area (Å²) in [6, 6.07) is 0. The third kappa shape index (κ3) is 2.46. The molecule has 0 unspecified atom stereocenters. The van der Waals surface area contributed by atoms with Crippen molar-refractivity contribution < 1.29 is 9.84 Å². The summed E-state index contributed by atoms with van der Waals surface area (Å²) in [6.07, 6.45) is 4.97. The van der Waals surface area contributed by atoms with Crippen LogP contribution in [0.25, 0.3) is 0 Å². The highest BCUT2D eigenvalue weighted by atomic mass is 16.5. The van der Waals surface area contributed by atoms with Crippen LogP contribution in [0.5, 0.6) is 0 Å². The van der Waals surface area contributed by atoms with Crippen molar-refractivity contribution in [2.24, 2.45) is 0 Å². The predicted octanol–water partition coefficient (Wildman–Crippen LogP) is 2.11. The number of methoxy groups -OCH3 is 1. The molecule has 1 fully saturated rings. The maximum absolute atomic E-state index is 9.81. The normalized spacial score (nSPS) is 22.0. The maximum atomic E-state index is 9.81. The molecule has 0 radical (unpaired) electrons. The fraction of sp³-hybridized carbons (Fsp3) is 1.00. The van der Waals surface area contributed by atoms with Crippen molar-refractivity contribution in [3.05, 3.63) is 0 Å². The zero-order valence-electron chi connectivity index (χ0n) is 8.39. The zero-order chi connectivity index (χ0) is 9.24. The minimum absolute atomic E-state index is 0.0781. The van der Waals surface area contributed by atoms with Crippen molar-refractivity contribution in [2.45, 2.75) is 57.2 Å². The Morgan fingerprint density at radius 1 is 1.42 bits per heavy atom. The van der Waals surface area contributed by atoms with Gasteiger partial charge in [-0.15, -0.1) is 0 Å². The highest BCUT2D eigenvalue weighted by Gasteiger charge is 2.35. The van der Waals surface area contributed by atoms with Crippen LogP contribution in [0.2, 0.25) is 0 Å². The summed E-state index contributed by atoms with van der Waals surface area (Å²) < 4.78 is 5.29. The van der Waals surface area contributed by atoms with E-state index < -0.39 is 0 Å². The van der Waals surface area contributed by atoms with E-state index in [2.05, 4.69) is 13.8 Å². The van der Waals surface area contributed by atoms with Crippen LogP contribution in [-0.4, -0.2) is 23.4 Å². The first-order chi connectivity index (χ1) is 5.47. The minimum Gasteiger partial charge on any atom is -0.390 e. The van der Waals surface area contributed by atoms with Crippen molar-refractivity contribution in [1.29, 1.82) is 0 Å². The third-order valence-corrected chi connectivity index (χ3v) is 3.03. The van der Waals surface area contributed by atoms with Gasteiger partial charge in [-0.25, -0.2) is 0 Å². The van der Waals surface area contributed by atoms with E-state index in [4.69, 9.17) is 4.74 Å². The summed E-state index contributed by atoms with van der Waals surface area (Å²) in [5.74, 6) is 0. The first-order valence-corrected chi connectivity index (χ1v) is 4.75. The molecule has 72 valence electrons. The van der Waals surface area contributed by atoms with Gasteiger partial charge >= 0.3 is 0 Å². The van der Waals surface area contributed by atoms with Gasteiger partial charge in [0.05, 0.1) is 11.2 Å². The quantitative estimate of drug-likeness (QED) is 0.703. The molecule has 0 amide bonds. The fourth-order valence-electron chi connectivity index (χ4n) is 1.47. The number of ether oxygens (including phenoxy) is 1. The Bertz CT molecular complexity index is 136. The molecule has 1 rings (SSSR count). The van der Waals surface area contributed by atoms with Crippen LogP contribution in [-0.2, 0) is 4.74 Å². The van der Waals surface area contributed by atoms with Gasteiger partial charge in [-0.2, -0.15) is 0 Å². The number of rotatable bonds is 4. The Balaban J connectivity index is 2.24. The van der Waals surface area contributed by atoms with Crippen LogP contribution < -0.4 is 0 Å². The van der Waals surface area contributed by atoms with Crippen LogP contribution >= 0.6 is 0 Å². The molecular weight excluding hydrogens is 152 g/mol. The van der Waals surface area contributed by atoms with Crippen molar-refractivity contribution >= 4 is 0 Å². The lowest BCUT2D eigenvalue weighted by molar-refractivity contribution is -0.0665. The van der Waals surface area contributed by atoms with E-state index in [0.29, 0.717) is 0 Å². The average Bonchev–Trinajstić information content (AvgIpc) is 1.98. The van der Waals surface area contributed by atoms with Crippen LogP contribution in [0, 0.1) is 0 Å². The Labute approximate surface area is 74.9 Å². The summed E-state index contributed by atoms with van der Waals surface area (Å²) in [6.45, 7) is 4.13. The second kappa shape index (κ2) is 3.35. The van der Waals surface area contributed by atoms with Crippen LogP contribution in [0.4, 0.5) is 0 Å². The molecule has 2 nitrogen and oxygen atoms in total. The molecule has 0 aromatic heterocycles. The monoisotopic (exact) mass is 172 g/mol. The van der Waals surface area contributed by atoms with E-state index in [0.717, 1.165) is 25.7 Å².